The van der Waals surface area contributed by atoms with Crippen molar-refractivity contribution in [1.29, 1.82) is 0 Å². The molecule has 2 aromatic heterocycles. The van der Waals surface area contributed by atoms with Crippen LogP contribution in [0, 0.1) is 0 Å². The summed E-state index contributed by atoms with van der Waals surface area (Å²) in [5.74, 6) is -0.0231. The molecule has 132 valence electrons. The molecule has 8 heteroatoms. The number of rotatable bonds is 5. The lowest BCUT2D eigenvalue weighted by Gasteiger charge is -2.21. The molecule has 0 radical (unpaired) electrons. The Morgan fingerprint density at radius 3 is 2.92 bits per heavy atom. The molecule has 3 heterocycles. The Bertz CT molecular complexity index is 692. The fraction of sp³-hybridized carbons (Fsp3) is 0.412. The molecule has 0 unspecified atom stereocenters. The molecule has 0 saturated carbocycles. The van der Waals surface area contributed by atoms with Crippen LogP contribution in [-0.4, -0.2) is 64.3 Å². The van der Waals surface area contributed by atoms with Crippen molar-refractivity contribution in [2.75, 3.05) is 38.0 Å². The Morgan fingerprint density at radius 2 is 2.16 bits per heavy atom. The van der Waals surface area contributed by atoms with E-state index in [1.54, 1.807) is 29.4 Å². The van der Waals surface area contributed by atoms with E-state index in [0.717, 1.165) is 26.1 Å². The highest BCUT2D eigenvalue weighted by Crippen LogP contribution is 2.10. The predicted molar refractivity (Wildman–Crippen MR) is 96.6 cm³/mol. The summed E-state index contributed by atoms with van der Waals surface area (Å²) in [6.07, 6.45) is 4.63. The summed E-state index contributed by atoms with van der Waals surface area (Å²) in [6.45, 7) is 3.75. The molecule has 0 bridgehead atoms. The monoisotopic (exact) mass is 359 g/mol. The SMILES string of the molecule is O=C(CCN1CCCN(C(=O)c2cscn2)CC1)Nc1cccnc1. The molecule has 2 amide bonds. The number of thiazole rings is 1. The molecule has 1 fully saturated rings. The van der Waals surface area contributed by atoms with Crippen LogP contribution in [0.15, 0.2) is 35.4 Å². The minimum atomic E-state index is -0.0207. The van der Waals surface area contributed by atoms with Gasteiger partial charge in [0.2, 0.25) is 5.91 Å². The summed E-state index contributed by atoms with van der Waals surface area (Å²) >= 11 is 1.43. The molecule has 0 atom stereocenters. The first-order valence-corrected chi connectivity index (χ1v) is 9.26. The van der Waals surface area contributed by atoms with Crippen LogP contribution in [0.5, 0.6) is 0 Å². The van der Waals surface area contributed by atoms with E-state index in [4.69, 9.17) is 0 Å². The molecule has 2 aromatic rings. The number of nitrogens with zero attached hydrogens (tertiary/aromatic N) is 4. The van der Waals surface area contributed by atoms with Gasteiger partial charge in [-0.15, -0.1) is 11.3 Å². The largest absolute Gasteiger partial charge is 0.336 e. The van der Waals surface area contributed by atoms with Gasteiger partial charge in [0, 0.05) is 44.2 Å². The fourth-order valence-corrected chi connectivity index (χ4v) is 3.32. The van der Waals surface area contributed by atoms with Crippen LogP contribution in [0.4, 0.5) is 5.69 Å². The van der Waals surface area contributed by atoms with Crippen LogP contribution in [0.1, 0.15) is 23.3 Å². The van der Waals surface area contributed by atoms with E-state index in [9.17, 15) is 9.59 Å². The molecule has 1 aliphatic rings. The average molecular weight is 359 g/mol. The zero-order valence-electron chi connectivity index (χ0n) is 13.9. The van der Waals surface area contributed by atoms with Crippen molar-refractivity contribution in [1.82, 2.24) is 19.8 Å². The van der Waals surface area contributed by atoms with Crippen molar-refractivity contribution in [2.24, 2.45) is 0 Å². The van der Waals surface area contributed by atoms with Crippen molar-refractivity contribution >= 4 is 28.8 Å². The number of hydrogen-bond donors (Lipinski definition) is 1. The molecular formula is C17H21N5O2S. The van der Waals surface area contributed by atoms with E-state index in [1.165, 1.54) is 11.3 Å². The third-order valence-corrected chi connectivity index (χ3v) is 4.71. The maximum absolute atomic E-state index is 12.4. The summed E-state index contributed by atoms with van der Waals surface area (Å²) in [7, 11) is 0. The second-order valence-corrected chi connectivity index (χ2v) is 6.62. The summed E-state index contributed by atoms with van der Waals surface area (Å²) in [4.78, 5) is 36.6. The molecule has 0 aliphatic carbocycles. The van der Waals surface area contributed by atoms with Gasteiger partial charge in [-0.25, -0.2) is 4.98 Å². The molecule has 0 spiro atoms. The standard InChI is InChI=1S/C17H21N5O2S/c23-16(20-14-3-1-5-18-11-14)4-8-21-6-2-7-22(10-9-21)17(24)15-12-25-13-19-15/h1,3,5,11-13H,2,4,6-10H2,(H,20,23). The van der Waals surface area contributed by atoms with Crippen molar-refractivity contribution in [3.05, 3.63) is 41.1 Å². The highest BCUT2D eigenvalue weighted by molar-refractivity contribution is 7.07. The van der Waals surface area contributed by atoms with Crippen LogP contribution < -0.4 is 5.32 Å². The van der Waals surface area contributed by atoms with Crippen LogP contribution >= 0.6 is 11.3 Å². The molecule has 25 heavy (non-hydrogen) atoms. The number of carbonyl (C=O) groups excluding carboxylic acids is 2. The maximum atomic E-state index is 12.4. The second-order valence-electron chi connectivity index (χ2n) is 5.90. The first kappa shape index (κ1) is 17.5. The maximum Gasteiger partial charge on any atom is 0.273 e. The molecule has 1 N–H and O–H groups in total. The Kier molecular flexibility index (Phi) is 6.08. The molecule has 7 nitrogen and oxygen atoms in total. The van der Waals surface area contributed by atoms with Gasteiger partial charge in [-0.2, -0.15) is 0 Å². The van der Waals surface area contributed by atoms with Crippen LogP contribution in [-0.2, 0) is 4.79 Å². The van der Waals surface area contributed by atoms with Crippen molar-refractivity contribution in [2.45, 2.75) is 12.8 Å². The highest BCUT2D eigenvalue weighted by atomic mass is 32.1. The van der Waals surface area contributed by atoms with Gasteiger partial charge in [-0.1, -0.05) is 0 Å². The molecule has 1 aliphatic heterocycles. The van der Waals surface area contributed by atoms with Gasteiger partial charge in [0.15, 0.2) is 0 Å². The van der Waals surface area contributed by atoms with Crippen LogP contribution in [0.3, 0.4) is 0 Å². The Labute approximate surface area is 150 Å². The minimum Gasteiger partial charge on any atom is -0.336 e. The van der Waals surface area contributed by atoms with E-state index >= 15 is 0 Å². The van der Waals surface area contributed by atoms with E-state index in [0.29, 0.717) is 30.9 Å². The number of hydrogen-bond acceptors (Lipinski definition) is 6. The van der Waals surface area contributed by atoms with E-state index in [2.05, 4.69) is 20.2 Å². The van der Waals surface area contributed by atoms with Crippen molar-refractivity contribution < 1.29 is 9.59 Å². The topological polar surface area (TPSA) is 78.4 Å². The van der Waals surface area contributed by atoms with Crippen LogP contribution in [0.25, 0.3) is 0 Å². The van der Waals surface area contributed by atoms with E-state index < -0.39 is 0 Å². The summed E-state index contributed by atoms with van der Waals surface area (Å²) < 4.78 is 0. The zero-order chi connectivity index (χ0) is 17.5. The number of carbonyl (C=O) groups is 2. The van der Waals surface area contributed by atoms with Crippen molar-refractivity contribution in [3.63, 3.8) is 0 Å². The second kappa shape index (κ2) is 8.68. The first-order valence-electron chi connectivity index (χ1n) is 8.32. The fourth-order valence-electron chi connectivity index (χ4n) is 2.80. The Hall–Kier alpha value is -2.32. The lowest BCUT2D eigenvalue weighted by molar-refractivity contribution is -0.116. The van der Waals surface area contributed by atoms with Gasteiger partial charge in [-0.3, -0.25) is 14.6 Å². The quantitative estimate of drug-likeness (QED) is 0.879. The van der Waals surface area contributed by atoms with Crippen LogP contribution in [0.2, 0.25) is 0 Å². The minimum absolute atomic E-state index is 0.00239. The zero-order valence-corrected chi connectivity index (χ0v) is 14.7. The van der Waals surface area contributed by atoms with Crippen molar-refractivity contribution in [3.8, 4) is 0 Å². The van der Waals surface area contributed by atoms with Gasteiger partial charge >= 0.3 is 0 Å². The van der Waals surface area contributed by atoms with Gasteiger partial charge in [0.1, 0.15) is 5.69 Å². The smallest absolute Gasteiger partial charge is 0.273 e. The lowest BCUT2D eigenvalue weighted by atomic mass is 10.3. The third kappa shape index (κ3) is 5.07. The summed E-state index contributed by atoms with van der Waals surface area (Å²) in [5, 5.41) is 4.63. The highest BCUT2D eigenvalue weighted by Gasteiger charge is 2.21. The lowest BCUT2D eigenvalue weighted by Crippen LogP contribution is -2.36. The number of pyridine rings is 1. The predicted octanol–water partition coefficient (Wildman–Crippen LogP) is 1.71. The molecule has 3 rings (SSSR count). The van der Waals surface area contributed by atoms with Gasteiger partial charge in [0.25, 0.3) is 5.91 Å². The number of aromatic nitrogens is 2. The number of amides is 2. The third-order valence-electron chi connectivity index (χ3n) is 4.13. The van der Waals surface area contributed by atoms with Gasteiger partial charge in [-0.05, 0) is 25.1 Å². The normalized spacial score (nSPS) is 15.6. The summed E-state index contributed by atoms with van der Waals surface area (Å²) in [5.41, 5.74) is 2.91. The first-order chi connectivity index (χ1) is 12.2. The van der Waals surface area contributed by atoms with E-state index in [1.807, 2.05) is 11.0 Å². The Balaban J connectivity index is 1.44. The van der Waals surface area contributed by atoms with E-state index in [-0.39, 0.29) is 11.8 Å². The molecular weight excluding hydrogens is 338 g/mol. The average Bonchev–Trinajstić information content (AvgIpc) is 3.06. The Morgan fingerprint density at radius 1 is 1.24 bits per heavy atom. The van der Waals surface area contributed by atoms with Gasteiger partial charge in [0.05, 0.1) is 17.4 Å². The number of nitrogens with one attached hydrogen (secondary N) is 1. The molecule has 1 saturated heterocycles. The molecule has 0 aromatic carbocycles. The summed E-state index contributed by atoms with van der Waals surface area (Å²) in [6, 6.07) is 3.61. The number of anilines is 1. The van der Waals surface area contributed by atoms with Gasteiger partial charge < -0.3 is 15.1 Å².